The number of amides is 1. The van der Waals surface area contributed by atoms with Gasteiger partial charge < -0.3 is 4.74 Å². The molecule has 0 atom stereocenters. The number of aryl methyl sites for hydroxylation is 1. The predicted octanol–water partition coefficient (Wildman–Crippen LogP) is 3.90. The largest absolute Gasteiger partial charge is 0.444 e. The number of benzene rings is 2. The Morgan fingerprint density at radius 1 is 1.05 bits per heavy atom. The highest BCUT2D eigenvalue weighted by Crippen LogP contribution is 2.24. The van der Waals surface area contributed by atoms with Gasteiger partial charge >= 0.3 is 6.09 Å². The molecule has 1 N–H and O–H groups in total. The lowest BCUT2D eigenvalue weighted by atomic mass is 9.95. The molecule has 0 fully saturated rings. The average molecular weight is 279 g/mol. The van der Waals surface area contributed by atoms with Crippen molar-refractivity contribution >= 4 is 11.8 Å². The minimum atomic E-state index is -0.415. The minimum absolute atomic E-state index is 0.279. The van der Waals surface area contributed by atoms with Crippen molar-refractivity contribution in [2.45, 2.75) is 19.4 Å². The Kier molecular flexibility index (Phi) is 4.01. The van der Waals surface area contributed by atoms with E-state index in [2.05, 4.69) is 11.4 Å². The molecule has 0 heterocycles. The molecule has 0 bridgehead atoms. The minimum Gasteiger partial charge on any atom is -0.444 e. The summed E-state index contributed by atoms with van der Waals surface area (Å²) in [6.45, 7) is 0.279. The van der Waals surface area contributed by atoms with Crippen LogP contribution in [0, 0.1) is 0 Å². The quantitative estimate of drug-likeness (QED) is 0.925. The third-order valence-electron chi connectivity index (χ3n) is 3.52. The Bertz CT molecular complexity index is 662. The van der Waals surface area contributed by atoms with Gasteiger partial charge in [-0.05, 0) is 24.0 Å². The molecule has 0 radical (unpaired) electrons. The van der Waals surface area contributed by atoms with Crippen LogP contribution in [0.5, 0.6) is 0 Å². The third-order valence-corrected chi connectivity index (χ3v) is 3.52. The highest BCUT2D eigenvalue weighted by atomic mass is 16.5. The van der Waals surface area contributed by atoms with E-state index in [1.807, 2.05) is 54.6 Å². The predicted molar refractivity (Wildman–Crippen MR) is 82.5 cm³/mol. The van der Waals surface area contributed by atoms with Gasteiger partial charge in [0, 0.05) is 11.3 Å². The van der Waals surface area contributed by atoms with Crippen LogP contribution in [-0.2, 0) is 17.8 Å². The fraction of sp³-hybridized carbons (Fsp3) is 0.167. The molecule has 3 heteroatoms. The molecular weight excluding hydrogens is 262 g/mol. The van der Waals surface area contributed by atoms with E-state index in [9.17, 15) is 4.79 Å². The lowest BCUT2D eigenvalue weighted by Gasteiger charge is -2.18. The van der Waals surface area contributed by atoms with Crippen molar-refractivity contribution in [3.8, 4) is 0 Å². The molecule has 0 saturated carbocycles. The van der Waals surface area contributed by atoms with E-state index >= 15 is 0 Å². The summed E-state index contributed by atoms with van der Waals surface area (Å²) in [4.78, 5) is 11.9. The molecule has 0 saturated heterocycles. The molecule has 0 unspecified atom stereocenters. The standard InChI is InChI=1S/C18H17NO2/c20-18(21-13-14-7-2-1-3-8-14)19-17-12-6-10-15-9-4-5-11-16(15)17/h1-5,7-9,11-12H,6,10,13H2,(H,19,20). The molecule has 21 heavy (non-hydrogen) atoms. The number of fused-ring (bicyclic) bond motifs is 1. The fourth-order valence-corrected chi connectivity index (χ4v) is 2.47. The van der Waals surface area contributed by atoms with Crippen LogP contribution >= 0.6 is 0 Å². The first-order valence-electron chi connectivity index (χ1n) is 7.09. The molecule has 1 aliphatic carbocycles. The van der Waals surface area contributed by atoms with Crippen LogP contribution in [0.25, 0.3) is 5.70 Å². The lowest BCUT2D eigenvalue weighted by Crippen LogP contribution is -2.24. The number of ether oxygens (including phenoxy) is 1. The van der Waals surface area contributed by atoms with Gasteiger partial charge in [0.1, 0.15) is 6.61 Å². The first kappa shape index (κ1) is 13.4. The molecule has 0 spiro atoms. The number of hydrogen-bond donors (Lipinski definition) is 1. The van der Waals surface area contributed by atoms with Gasteiger partial charge in [0.05, 0.1) is 0 Å². The Hall–Kier alpha value is -2.55. The number of rotatable bonds is 3. The van der Waals surface area contributed by atoms with Gasteiger partial charge in [-0.2, -0.15) is 0 Å². The van der Waals surface area contributed by atoms with Crippen molar-refractivity contribution in [2.75, 3.05) is 0 Å². The zero-order chi connectivity index (χ0) is 14.5. The number of allylic oxidation sites excluding steroid dienone is 1. The van der Waals surface area contributed by atoms with Crippen molar-refractivity contribution in [1.29, 1.82) is 0 Å². The van der Waals surface area contributed by atoms with Gasteiger partial charge in [0.2, 0.25) is 0 Å². The third kappa shape index (κ3) is 3.31. The number of alkyl carbamates (subject to hydrolysis) is 1. The maximum Gasteiger partial charge on any atom is 0.411 e. The molecule has 2 aromatic carbocycles. The van der Waals surface area contributed by atoms with Crippen LogP contribution < -0.4 is 5.32 Å². The van der Waals surface area contributed by atoms with Crippen LogP contribution in [0.15, 0.2) is 60.7 Å². The molecule has 106 valence electrons. The number of carbonyl (C=O) groups excluding carboxylic acids is 1. The Labute approximate surface area is 124 Å². The Balaban J connectivity index is 1.62. The first-order valence-corrected chi connectivity index (χ1v) is 7.09. The SMILES string of the molecule is O=C(NC1=CCCc2ccccc21)OCc1ccccc1. The molecule has 0 aliphatic heterocycles. The Morgan fingerprint density at radius 3 is 2.67 bits per heavy atom. The Morgan fingerprint density at radius 2 is 1.81 bits per heavy atom. The van der Waals surface area contributed by atoms with Crippen LogP contribution in [0.4, 0.5) is 4.79 Å². The molecule has 1 amide bonds. The van der Waals surface area contributed by atoms with E-state index < -0.39 is 6.09 Å². The molecule has 0 aromatic heterocycles. The van der Waals surface area contributed by atoms with Crippen molar-refractivity contribution in [1.82, 2.24) is 5.32 Å². The van der Waals surface area contributed by atoms with Gasteiger partial charge in [0.15, 0.2) is 0 Å². The fourth-order valence-electron chi connectivity index (χ4n) is 2.47. The summed E-state index contributed by atoms with van der Waals surface area (Å²) >= 11 is 0. The van der Waals surface area contributed by atoms with Crippen molar-refractivity contribution in [3.63, 3.8) is 0 Å². The van der Waals surface area contributed by atoms with Crippen LogP contribution in [0.1, 0.15) is 23.1 Å². The van der Waals surface area contributed by atoms with E-state index in [0.717, 1.165) is 29.7 Å². The van der Waals surface area contributed by atoms with Crippen molar-refractivity contribution in [3.05, 3.63) is 77.4 Å². The van der Waals surface area contributed by atoms with Gasteiger partial charge in [-0.3, -0.25) is 5.32 Å². The van der Waals surface area contributed by atoms with E-state index in [0.29, 0.717) is 0 Å². The summed E-state index contributed by atoms with van der Waals surface area (Å²) in [6, 6.07) is 17.8. The summed E-state index contributed by atoms with van der Waals surface area (Å²) < 4.78 is 5.25. The second-order valence-electron chi connectivity index (χ2n) is 5.00. The van der Waals surface area contributed by atoms with Gasteiger partial charge in [-0.1, -0.05) is 60.7 Å². The summed E-state index contributed by atoms with van der Waals surface area (Å²) in [5.74, 6) is 0. The summed E-state index contributed by atoms with van der Waals surface area (Å²) in [5, 5.41) is 2.85. The normalized spacial score (nSPS) is 13.0. The van der Waals surface area contributed by atoms with Crippen molar-refractivity contribution < 1.29 is 9.53 Å². The van der Waals surface area contributed by atoms with Crippen LogP contribution in [0.2, 0.25) is 0 Å². The highest BCUT2D eigenvalue weighted by Gasteiger charge is 2.14. The zero-order valence-electron chi connectivity index (χ0n) is 11.7. The van der Waals surface area contributed by atoms with Gasteiger partial charge in [0.25, 0.3) is 0 Å². The average Bonchev–Trinajstić information content (AvgIpc) is 2.54. The number of carbonyl (C=O) groups is 1. The zero-order valence-corrected chi connectivity index (χ0v) is 11.7. The summed E-state index contributed by atoms with van der Waals surface area (Å²) in [7, 11) is 0. The maximum atomic E-state index is 11.9. The van der Waals surface area contributed by atoms with Crippen LogP contribution in [-0.4, -0.2) is 6.09 Å². The maximum absolute atomic E-state index is 11.9. The molecular formula is C18H17NO2. The van der Waals surface area contributed by atoms with Crippen LogP contribution in [0.3, 0.4) is 0 Å². The second-order valence-corrected chi connectivity index (χ2v) is 5.00. The lowest BCUT2D eigenvalue weighted by molar-refractivity contribution is 0.144. The van der Waals surface area contributed by atoms with E-state index in [1.54, 1.807) is 0 Å². The van der Waals surface area contributed by atoms with Gasteiger partial charge in [-0.15, -0.1) is 0 Å². The topological polar surface area (TPSA) is 38.3 Å². The first-order chi connectivity index (χ1) is 10.3. The molecule has 2 aromatic rings. The van der Waals surface area contributed by atoms with Gasteiger partial charge in [-0.25, -0.2) is 4.79 Å². The van der Waals surface area contributed by atoms with Crippen molar-refractivity contribution in [2.24, 2.45) is 0 Å². The number of nitrogens with one attached hydrogen (secondary N) is 1. The molecule has 1 aliphatic rings. The summed E-state index contributed by atoms with van der Waals surface area (Å²) in [6.07, 6.45) is 3.58. The van der Waals surface area contributed by atoms with E-state index in [4.69, 9.17) is 4.74 Å². The van der Waals surface area contributed by atoms with E-state index in [1.165, 1.54) is 5.56 Å². The van der Waals surface area contributed by atoms with E-state index in [-0.39, 0.29) is 6.61 Å². The second kappa shape index (κ2) is 6.27. The smallest absolute Gasteiger partial charge is 0.411 e. The number of hydrogen-bond acceptors (Lipinski definition) is 2. The highest BCUT2D eigenvalue weighted by molar-refractivity contribution is 5.83. The molecule has 3 rings (SSSR count). The monoisotopic (exact) mass is 279 g/mol. The molecule has 3 nitrogen and oxygen atoms in total. The summed E-state index contributed by atoms with van der Waals surface area (Å²) in [5.41, 5.74) is 4.17.